The van der Waals surface area contributed by atoms with E-state index in [9.17, 15) is 9.90 Å². The zero-order valence-corrected chi connectivity index (χ0v) is 13.7. The molecule has 1 amide bonds. The van der Waals surface area contributed by atoms with Gasteiger partial charge in [0, 0.05) is 16.6 Å². The van der Waals surface area contributed by atoms with E-state index in [4.69, 9.17) is 5.53 Å². The first-order chi connectivity index (χ1) is 10.1. The number of hydrogen-bond acceptors (Lipinski definition) is 2. The Bertz CT molecular complexity index is 655. The fourth-order valence-corrected chi connectivity index (χ4v) is 3.17. The van der Waals surface area contributed by atoms with Crippen LogP contribution in [0.1, 0.15) is 46.6 Å². The van der Waals surface area contributed by atoms with Gasteiger partial charge in [-0.1, -0.05) is 45.8 Å². The molecule has 0 spiro atoms. The van der Waals surface area contributed by atoms with Crippen LogP contribution >= 0.6 is 0 Å². The van der Waals surface area contributed by atoms with E-state index in [1.807, 2.05) is 0 Å². The maximum atomic E-state index is 11.8. The Morgan fingerprint density at radius 3 is 2.59 bits per heavy atom. The fourth-order valence-electron chi connectivity index (χ4n) is 3.17. The lowest BCUT2D eigenvalue weighted by molar-refractivity contribution is 0.177. The van der Waals surface area contributed by atoms with Crippen LogP contribution in [0.15, 0.2) is 23.3 Å². The minimum Gasteiger partial charge on any atom is -0.465 e. The molecular formula is C16H22N4O2. The molecular weight excluding hydrogens is 280 g/mol. The van der Waals surface area contributed by atoms with Crippen LogP contribution in [-0.4, -0.2) is 17.2 Å². The summed E-state index contributed by atoms with van der Waals surface area (Å²) < 4.78 is 0. The van der Waals surface area contributed by atoms with Crippen LogP contribution in [0.4, 0.5) is 16.2 Å². The highest BCUT2D eigenvalue weighted by Crippen LogP contribution is 2.47. The highest BCUT2D eigenvalue weighted by atomic mass is 16.4. The fraction of sp³-hybridized carbons (Fsp3) is 0.562. The molecule has 22 heavy (non-hydrogen) atoms. The van der Waals surface area contributed by atoms with Gasteiger partial charge in [-0.15, -0.1) is 0 Å². The number of amides is 1. The molecule has 6 heteroatoms. The summed E-state index contributed by atoms with van der Waals surface area (Å²) in [5.74, 6) is 0. The molecule has 6 nitrogen and oxygen atoms in total. The smallest absolute Gasteiger partial charge is 0.412 e. The highest BCUT2D eigenvalue weighted by Gasteiger charge is 2.44. The summed E-state index contributed by atoms with van der Waals surface area (Å²) in [6, 6.07) is 5.09. The molecule has 1 aliphatic rings. The first kappa shape index (κ1) is 16.2. The minimum absolute atomic E-state index is 0.113. The van der Waals surface area contributed by atoms with Gasteiger partial charge in [0.25, 0.3) is 0 Å². The van der Waals surface area contributed by atoms with E-state index in [1.165, 1.54) is 4.90 Å². The van der Waals surface area contributed by atoms with Gasteiger partial charge in [-0.2, -0.15) is 0 Å². The van der Waals surface area contributed by atoms with Crippen LogP contribution in [0, 0.1) is 5.41 Å². The van der Waals surface area contributed by atoms with Crippen molar-refractivity contribution in [2.24, 2.45) is 10.5 Å². The minimum atomic E-state index is -0.951. The third kappa shape index (κ3) is 2.74. The highest BCUT2D eigenvalue weighted by molar-refractivity contribution is 5.89. The molecule has 1 aromatic carbocycles. The van der Waals surface area contributed by atoms with Crippen LogP contribution in [0.3, 0.4) is 0 Å². The summed E-state index contributed by atoms with van der Waals surface area (Å²) in [7, 11) is 0. The third-order valence-electron chi connectivity index (χ3n) is 4.35. The molecule has 0 saturated heterocycles. The number of rotatable bonds is 1. The van der Waals surface area contributed by atoms with Gasteiger partial charge in [0.2, 0.25) is 0 Å². The van der Waals surface area contributed by atoms with Gasteiger partial charge < -0.3 is 5.11 Å². The first-order valence-electron chi connectivity index (χ1n) is 7.30. The van der Waals surface area contributed by atoms with E-state index in [0.717, 1.165) is 12.0 Å². The molecule has 0 aliphatic carbocycles. The molecule has 1 N–H and O–H groups in total. The number of carbonyl (C=O) groups is 1. The Morgan fingerprint density at radius 1 is 1.45 bits per heavy atom. The second-order valence-electron chi connectivity index (χ2n) is 7.51. The molecule has 0 saturated carbocycles. The standard InChI is InChI=1S/C16H22N4O2/c1-15(2,3)13-9-16(4,5)11-8-10(18-19-17)6-7-12(11)20(13)14(21)22/h6-8,13H,9H2,1-5H3,(H,21,22). The maximum Gasteiger partial charge on any atom is 0.412 e. The summed E-state index contributed by atoms with van der Waals surface area (Å²) in [5.41, 5.74) is 10.3. The second-order valence-corrected chi connectivity index (χ2v) is 7.51. The number of carboxylic acid groups (broad SMARTS) is 1. The summed E-state index contributed by atoms with van der Waals surface area (Å²) in [6.07, 6.45) is -0.233. The van der Waals surface area contributed by atoms with Crippen LogP contribution in [0.2, 0.25) is 0 Å². The number of hydrogen-bond donors (Lipinski definition) is 1. The molecule has 1 atom stereocenters. The van der Waals surface area contributed by atoms with Crippen molar-refractivity contribution in [3.8, 4) is 0 Å². The Morgan fingerprint density at radius 2 is 2.09 bits per heavy atom. The molecule has 0 aromatic heterocycles. The van der Waals surface area contributed by atoms with Gasteiger partial charge in [-0.25, -0.2) is 4.79 Å². The average molecular weight is 302 g/mol. The first-order valence-corrected chi connectivity index (χ1v) is 7.30. The quantitative estimate of drug-likeness (QED) is 0.438. The lowest BCUT2D eigenvalue weighted by atomic mass is 9.68. The summed E-state index contributed by atoms with van der Waals surface area (Å²) in [4.78, 5) is 16.1. The number of azide groups is 1. The van der Waals surface area contributed by atoms with Crippen molar-refractivity contribution < 1.29 is 9.90 Å². The molecule has 1 aromatic rings. The average Bonchev–Trinajstić information content (AvgIpc) is 2.37. The van der Waals surface area contributed by atoms with E-state index in [2.05, 4.69) is 44.6 Å². The van der Waals surface area contributed by atoms with Crippen LogP contribution in [0.5, 0.6) is 0 Å². The van der Waals surface area contributed by atoms with Crippen LogP contribution < -0.4 is 4.90 Å². The lowest BCUT2D eigenvalue weighted by Crippen LogP contribution is -2.53. The van der Waals surface area contributed by atoms with E-state index >= 15 is 0 Å². The normalized spacial score (nSPS) is 20.0. The maximum absolute atomic E-state index is 11.8. The Balaban J connectivity index is 2.68. The van der Waals surface area contributed by atoms with Gasteiger partial charge in [-0.3, -0.25) is 4.90 Å². The lowest BCUT2D eigenvalue weighted by Gasteiger charge is -2.48. The van der Waals surface area contributed by atoms with Crippen molar-refractivity contribution in [3.05, 3.63) is 34.2 Å². The molecule has 118 valence electrons. The van der Waals surface area contributed by atoms with Gasteiger partial charge in [0.1, 0.15) is 0 Å². The second kappa shape index (κ2) is 5.21. The third-order valence-corrected chi connectivity index (χ3v) is 4.35. The predicted molar refractivity (Wildman–Crippen MR) is 86.6 cm³/mol. The number of nitrogens with zero attached hydrogens (tertiary/aromatic N) is 4. The van der Waals surface area contributed by atoms with E-state index < -0.39 is 6.09 Å². The van der Waals surface area contributed by atoms with E-state index in [0.29, 0.717) is 11.4 Å². The molecule has 1 aliphatic heterocycles. The Hall–Kier alpha value is -2.20. The zero-order valence-electron chi connectivity index (χ0n) is 13.7. The Labute approximate surface area is 130 Å². The summed E-state index contributed by atoms with van der Waals surface area (Å²) in [6.45, 7) is 10.4. The van der Waals surface area contributed by atoms with E-state index in [1.54, 1.807) is 18.2 Å². The topological polar surface area (TPSA) is 89.3 Å². The molecule has 0 bridgehead atoms. The monoisotopic (exact) mass is 302 g/mol. The molecule has 1 heterocycles. The number of anilines is 1. The molecule has 0 radical (unpaired) electrons. The van der Waals surface area contributed by atoms with Crippen molar-refractivity contribution in [1.82, 2.24) is 0 Å². The van der Waals surface area contributed by atoms with Gasteiger partial charge in [0.15, 0.2) is 0 Å². The number of benzene rings is 1. The predicted octanol–water partition coefficient (Wildman–Crippen LogP) is 5.21. The molecule has 0 fully saturated rings. The van der Waals surface area contributed by atoms with Crippen LogP contribution in [0.25, 0.3) is 10.4 Å². The molecule has 2 rings (SSSR count). The number of fused-ring (bicyclic) bond motifs is 1. The van der Waals surface area contributed by atoms with Crippen molar-refractivity contribution in [1.29, 1.82) is 0 Å². The summed E-state index contributed by atoms with van der Waals surface area (Å²) >= 11 is 0. The van der Waals surface area contributed by atoms with Crippen molar-refractivity contribution in [3.63, 3.8) is 0 Å². The SMILES string of the molecule is CC1(C)CC(C(C)(C)C)N(C(=O)O)c2ccc(N=[N+]=[N-])cc21. The van der Waals surface area contributed by atoms with Crippen molar-refractivity contribution >= 4 is 17.5 Å². The molecule has 1 unspecified atom stereocenters. The summed E-state index contributed by atoms with van der Waals surface area (Å²) in [5, 5.41) is 13.3. The largest absolute Gasteiger partial charge is 0.465 e. The Kier molecular flexibility index (Phi) is 3.83. The zero-order chi connectivity index (χ0) is 16.7. The van der Waals surface area contributed by atoms with Crippen LogP contribution in [-0.2, 0) is 5.41 Å². The van der Waals surface area contributed by atoms with Gasteiger partial charge in [-0.05, 0) is 40.5 Å². The van der Waals surface area contributed by atoms with Crippen molar-refractivity contribution in [2.75, 3.05) is 4.90 Å². The van der Waals surface area contributed by atoms with E-state index in [-0.39, 0.29) is 16.9 Å². The van der Waals surface area contributed by atoms with Crippen molar-refractivity contribution in [2.45, 2.75) is 52.5 Å². The van der Waals surface area contributed by atoms with Gasteiger partial charge in [0.05, 0.1) is 5.69 Å². The van der Waals surface area contributed by atoms with Gasteiger partial charge >= 0.3 is 6.09 Å².